The lowest BCUT2D eigenvalue weighted by Gasteiger charge is -2.22. The Hall–Kier alpha value is -2.89. The van der Waals surface area contributed by atoms with Crippen LogP contribution in [-0.2, 0) is 11.3 Å². The third-order valence-corrected chi connectivity index (χ3v) is 4.25. The van der Waals surface area contributed by atoms with Gasteiger partial charge in [-0.05, 0) is 42.5 Å². The molecule has 25 heavy (non-hydrogen) atoms. The molecule has 0 bridgehead atoms. The van der Waals surface area contributed by atoms with Crippen molar-refractivity contribution in [3.05, 3.63) is 65.0 Å². The summed E-state index contributed by atoms with van der Waals surface area (Å²) in [6, 6.07) is 10.9. The average molecular weight is 342 g/mol. The first-order valence-corrected chi connectivity index (χ1v) is 8.09. The molecular weight excluding hydrogens is 323 g/mol. The van der Waals surface area contributed by atoms with Crippen molar-refractivity contribution in [3.63, 3.8) is 0 Å². The fourth-order valence-electron chi connectivity index (χ4n) is 2.80. The van der Waals surface area contributed by atoms with E-state index in [-0.39, 0.29) is 24.4 Å². The van der Waals surface area contributed by atoms with Crippen LogP contribution in [0, 0.1) is 5.82 Å². The summed E-state index contributed by atoms with van der Waals surface area (Å²) < 4.78 is 14.2. The first kappa shape index (κ1) is 17.0. The van der Waals surface area contributed by atoms with Crippen LogP contribution < -0.4 is 5.73 Å². The Labute approximate surface area is 144 Å². The Balaban J connectivity index is 1.89. The summed E-state index contributed by atoms with van der Waals surface area (Å²) in [5.41, 5.74) is 6.64. The number of nitrogens with zero attached hydrogens (tertiary/aromatic N) is 1. The zero-order valence-corrected chi connectivity index (χ0v) is 13.6. The number of halogens is 1. The molecule has 3 N–H and O–H groups in total. The van der Waals surface area contributed by atoms with E-state index in [0.717, 1.165) is 23.3 Å². The fraction of sp³-hybridized carbons (Fsp3) is 0.263. The van der Waals surface area contributed by atoms with Crippen LogP contribution in [0.1, 0.15) is 40.2 Å². The lowest BCUT2D eigenvalue weighted by molar-refractivity contribution is -0.118. The van der Waals surface area contributed by atoms with Gasteiger partial charge in [-0.15, -0.1) is 0 Å². The number of phenolic OH excluding ortho intramolecular Hbond substituents is 1. The number of hydrogen-bond acceptors (Lipinski definition) is 3. The van der Waals surface area contributed by atoms with E-state index < -0.39 is 17.6 Å². The van der Waals surface area contributed by atoms with Crippen LogP contribution in [0.25, 0.3) is 0 Å². The van der Waals surface area contributed by atoms with Crippen LogP contribution in [0.4, 0.5) is 4.39 Å². The molecule has 2 aromatic rings. The zero-order valence-electron chi connectivity index (χ0n) is 13.6. The molecule has 1 saturated carbocycles. The molecule has 130 valence electrons. The lowest BCUT2D eigenvalue weighted by atomic mass is 10.1. The van der Waals surface area contributed by atoms with Crippen LogP contribution in [0.2, 0.25) is 0 Å². The summed E-state index contributed by atoms with van der Waals surface area (Å²) in [5, 5.41) is 9.87. The summed E-state index contributed by atoms with van der Waals surface area (Å²) in [6.45, 7) is -0.456. The highest BCUT2D eigenvalue weighted by Gasteiger charge is 2.26. The molecule has 1 aliphatic rings. The number of rotatable bonds is 6. The monoisotopic (exact) mass is 342 g/mol. The number of primary amides is 1. The number of benzene rings is 2. The van der Waals surface area contributed by atoms with Gasteiger partial charge >= 0.3 is 0 Å². The van der Waals surface area contributed by atoms with E-state index in [2.05, 4.69) is 0 Å². The molecule has 1 aliphatic carbocycles. The van der Waals surface area contributed by atoms with Crippen LogP contribution in [0.5, 0.6) is 5.75 Å². The second kappa shape index (κ2) is 6.93. The van der Waals surface area contributed by atoms with Gasteiger partial charge in [0.05, 0.1) is 12.1 Å². The van der Waals surface area contributed by atoms with E-state index in [0.29, 0.717) is 11.5 Å². The molecule has 0 unspecified atom stereocenters. The van der Waals surface area contributed by atoms with Crippen molar-refractivity contribution in [1.82, 2.24) is 4.90 Å². The second-order valence-electron chi connectivity index (χ2n) is 6.27. The van der Waals surface area contributed by atoms with Crippen LogP contribution in [-0.4, -0.2) is 28.4 Å². The molecule has 0 aromatic heterocycles. The molecule has 0 spiro atoms. The van der Waals surface area contributed by atoms with Crippen molar-refractivity contribution >= 4 is 11.8 Å². The molecule has 1 fully saturated rings. The van der Waals surface area contributed by atoms with Crippen LogP contribution in [0.3, 0.4) is 0 Å². The van der Waals surface area contributed by atoms with Crippen LogP contribution >= 0.6 is 0 Å². The van der Waals surface area contributed by atoms with E-state index in [9.17, 15) is 19.1 Å². The molecule has 0 aliphatic heterocycles. The number of nitrogens with two attached hydrogens (primary N) is 1. The number of amides is 2. The molecule has 5 nitrogen and oxygen atoms in total. The average Bonchev–Trinajstić information content (AvgIpc) is 3.40. The summed E-state index contributed by atoms with van der Waals surface area (Å²) in [4.78, 5) is 25.2. The van der Waals surface area contributed by atoms with E-state index >= 15 is 0 Å². The largest absolute Gasteiger partial charge is 0.507 e. The Morgan fingerprint density at radius 3 is 2.56 bits per heavy atom. The van der Waals surface area contributed by atoms with Gasteiger partial charge in [0.1, 0.15) is 11.6 Å². The van der Waals surface area contributed by atoms with Gasteiger partial charge in [0, 0.05) is 12.1 Å². The predicted molar refractivity (Wildman–Crippen MR) is 90.4 cm³/mol. The highest BCUT2D eigenvalue weighted by molar-refractivity contribution is 5.98. The van der Waals surface area contributed by atoms with E-state index in [1.807, 2.05) is 0 Å². The normalized spacial score (nSPS) is 13.5. The van der Waals surface area contributed by atoms with Gasteiger partial charge in [-0.25, -0.2) is 4.39 Å². The molecule has 2 amide bonds. The number of hydrogen-bond donors (Lipinski definition) is 2. The molecule has 3 rings (SSSR count). The number of phenols is 1. The minimum atomic E-state index is -0.706. The third-order valence-electron chi connectivity index (χ3n) is 4.25. The number of carbonyl (C=O) groups is 2. The minimum Gasteiger partial charge on any atom is -0.507 e. The van der Waals surface area contributed by atoms with Crippen molar-refractivity contribution in [2.75, 3.05) is 6.54 Å². The quantitative estimate of drug-likeness (QED) is 0.846. The van der Waals surface area contributed by atoms with Crippen LogP contribution in [0.15, 0.2) is 42.5 Å². The second-order valence-corrected chi connectivity index (χ2v) is 6.27. The molecule has 0 saturated heterocycles. The first-order chi connectivity index (χ1) is 12.0. The van der Waals surface area contributed by atoms with Crippen molar-refractivity contribution < 1.29 is 19.1 Å². The maximum Gasteiger partial charge on any atom is 0.258 e. The Morgan fingerprint density at radius 2 is 1.92 bits per heavy atom. The standard InChI is InChI=1S/C19H19FN2O3/c20-16-8-7-13(12-5-6-12)9-14(16)10-22(11-18(21)24)19(25)15-3-1-2-4-17(15)23/h1-4,7-9,12,23H,5-6,10-11H2,(H2,21,24). The van der Waals surface area contributed by atoms with Gasteiger partial charge < -0.3 is 15.7 Å². The van der Waals surface area contributed by atoms with Gasteiger partial charge in [0.2, 0.25) is 5.91 Å². The van der Waals surface area contributed by atoms with Crippen molar-refractivity contribution in [3.8, 4) is 5.75 Å². The highest BCUT2D eigenvalue weighted by atomic mass is 19.1. The maximum absolute atomic E-state index is 14.2. The highest BCUT2D eigenvalue weighted by Crippen LogP contribution is 2.40. The van der Waals surface area contributed by atoms with Gasteiger partial charge in [-0.2, -0.15) is 0 Å². The Kier molecular flexibility index (Phi) is 4.70. The number of para-hydroxylation sites is 1. The third kappa shape index (κ3) is 3.96. The van der Waals surface area contributed by atoms with Crippen molar-refractivity contribution in [2.24, 2.45) is 5.73 Å². The van der Waals surface area contributed by atoms with Gasteiger partial charge in [-0.3, -0.25) is 9.59 Å². The summed E-state index contributed by atoms with van der Waals surface area (Å²) in [6.07, 6.45) is 2.15. The van der Waals surface area contributed by atoms with Gasteiger partial charge in [0.25, 0.3) is 5.91 Å². The SMILES string of the molecule is NC(=O)CN(Cc1cc(C2CC2)ccc1F)C(=O)c1ccccc1O. The molecular formula is C19H19FN2O3. The lowest BCUT2D eigenvalue weighted by Crippen LogP contribution is -2.38. The van der Waals surface area contributed by atoms with E-state index in [1.165, 1.54) is 18.2 Å². The molecule has 2 aromatic carbocycles. The van der Waals surface area contributed by atoms with Gasteiger partial charge in [-0.1, -0.05) is 24.3 Å². The number of aromatic hydroxyl groups is 1. The van der Waals surface area contributed by atoms with Crippen molar-refractivity contribution in [2.45, 2.75) is 25.3 Å². The van der Waals surface area contributed by atoms with E-state index in [4.69, 9.17) is 5.73 Å². The molecule has 6 heteroatoms. The van der Waals surface area contributed by atoms with Gasteiger partial charge in [0.15, 0.2) is 0 Å². The molecule has 0 atom stereocenters. The Bertz CT molecular complexity index is 818. The minimum absolute atomic E-state index is 0.0440. The Morgan fingerprint density at radius 1 is 1.20 bits per heavy atom. The number of carbonyl (C=O) groups excluding carboxylic acids is 2. The van der Waals surface area contributed by atoms with E-state index in [1.54, 1.807) is 24.3 Å². The summed E-state index contributed by atoms with van der Waals surface area (Å²) in [7, 11) is 0. The molecule has 0 radical (unpaired) electrons. The molecule has 0 heterocycles. The van der Waals surface area contributed by atoms with Crippen molar-refractivity contribution in [1.29, 1.82) is 0 Å². The smallest absolute Gasteiger partial charge is 0.258 e. The first-order valence-electron chi connectivity index (χ1n) is 8.09. The summed E-state index contributed by atoms with van der Waals surface area (Å²) >= 11 is 0. The predicted octanol–water partition coefficient (Wildman–Crippen LogP) is 2.54. The zero-order chi connectivity index (χ0) is 18.0. The maximum atomic E-state index is 14.2. The summed E-state index contributed by atoms with van der Waals surface area (Å²) in [5.74, 6) is -1.48. The topological polar surface area (TPSA) is 83.6 Å². The fourth-order valence-corrected chi connectivity index (χ4v) is 2.80.